The summed E-state index contributed by atoms with van der Waals surface area (Å²) in [7, 11) is 0. The quantitative estimate of drug-likeness (QED) is 0.450. The highest BCUT2D eigenvalue weighted by atomic mass is 79.9. The van der Waals surface area contributed by atoms with E-state index in [2.05, 4.69) is 84.6 Å². The molecule has 0 fully saturated rings. The summed E-state index contributed by atoms with van der Waals surface area (Å²) < 4.78 is 3.37. The Bertz CT molecular complexity index is 918. The van der Waals surface area contributed by atoms with Crippen molar-refractivity contribution in [3.63, 3.8) is 0 Å². The van der Waals surface area contributed by atoms with E-state index in [4.69, 9.17) is 4.99 Å². The van der Waals surface area contributed by atoms with E-state index in [9.17, 15) is 0 Å². The third-order valence-electron chi connectivity index (χ3n) is 4.57. The minimum Gasteiger partial charge on any atom is -0.318 e. The van der Waals surface area contributed by atoms with Crippen molar-refractivity contribution in [2.75, 3.05) is 0 Å². The van der Waals surface area contributed by atoms with Gasteiger partial charge in [0.1, 0.15) is 0 Å². The van der Waals surface area contributed by atoms with Gasteiger partial charge in [-0.1, -0.05) is 35.0 Å². The van der Waals surface area contributed by atoms with E-state index in [1.807, 2.05) is 18.3 Å². The van der Waals surface area contributed by atoms with Gasteiger partial charge in [0.2, 0.25) is 0 Å². The van der Waals surface area contributed by atoms with Gasteiger partial charge >= 0.3 is 0 Å². The summed E-state index contributed by atoms with van der Waals surface area (Å²) in [5, 5.41) is 0. The second-order valence-electron chi connectivity index (χ2n) is 6.37. The molecule has 0 radical (unpaired) electrons. The van der Waals surface area contributed by atoms with Crippen molar-refractivity contribution >= 4 is 27.8 Å². The van der Waals surface area contributed by atoms with Crippen LogP contribution in [0.15, 0.2) is 58.0 Å². The molecule has 128 valence electrons. The van der Waals surface area contributed by atoms with Crippen LogP contribution in [0.4, 0.5) is 5.69 Å². The molecule has 2 nitrogen and oxygen atoms in total. The van der Waals surface area contributed by atoms with Crippen LogP contribution in [-0.4, -0.2) is 10.8 Å². The average Bonchev–Trinajstić information content (AvgIpc) is 2.88. The first-order valence-electron chi connectivity index (χ1n) is 8.58. The lowest BCUT2D eigenvalue weighted by Crippen LogP contribution is -1.99. The van der Waals surface area contributed by atoms with E-state index in [-0.39, 0.29) is 0 Å². The molecule has 0 spiro atoms. The Kier molecular flexibility index (Phi) is 5.24. The number of aryl methyl sites for hydroxylation is 3. The van der Waals surface area contributed by atoms with Crippen molar-refractivity contribution in [1.29, 1.82) is 0 Å². The summed E-state index contributed by atoms with van der Waals surface area (Å²) in [6.07, 6.45) is 3.03. The summed E-state index contributed by atoms with van der Waals surface area (Å²) in [5.41, 5.74) is 8.30. The van der Waals surface area contributed by atoms with Crippen LogP contribution < -0.4 is 0 Å². The van der Waals surface area contributed by atoms with Gasteiger partial charge in [-0.25, -0.2) is 0 Å². The molecule has 2 aromatic carbocycles. The van der Waals surface area contributed by atoms with Crippen LogP contribution in [0.3, 0.4) is 0 Å². The predicted molar refractivity (Wildman–Crippen MR) is 111 cm³/mol. The molecular formula is C22H23BrN2. The van der Waals surface area contributed by atoms with E-state index in [0.29, 0.717) is 0 Å². The molecule has 0 aliphatic rings. The molecule has 3 rings (SSSR count). The van der Waals surface area contributed by atoms with Gasteiger partial charge in [0.15, 0.2) is 0 Å². The number of hydrogen-bond donors (Lipinski definition) is 0. The third kappa shape index (κ3) is 3.77. The zero-order valence-electron chi connectivity index (χ0n) is 15.2. The molecule has 0 aliphatic carbocycles. The standard InChI is InChI=1S/C22H23BrN2/c1-5-18-6-9-21(10-7-18)25-16(3)13-19(17(25)4)14-24-22-11-8-20(23)12-15(22)2/h6-14H,5H2,1-4H3. The summed E-state index contributed by atoms with van der Waals surface area (Å²) in [4.78, 5) is 4.69. The number of rotatable bonds is 4. The molecule has 1 heterocycles. The zero-order valence-corrected chi connectivity index (χ0v) is 16.8. The maximum atomic E-state index is 4.69. The van der Waals surface area contributed by atoms with Crippen molar-refractivity contribution in [2.24, 2.45) is 4.99 Å². The minimum atomic E-state index is 1.00. The number of halogens is 1. The van der Waals surface area contributed by atoms with Crippen molar-refractivity contribution in [3.8, 4) is 5.69 Å². The third-order valence-corrected chi connectivity index (χ3v) is 5.07. The molecule has 1 aromatic heterocycles. The maximum Gasteiger partial charge on any atom is 0.0659 e. The number of aliphatic imine (C=N–C) groups is 1. The molecule has 0 atom stereocenters. The normalized spacial score (nSPS) is 11.4. The molecule has 0 aliphatic heterocycles. The largest absolute Gasteiger partial charge is 0.318 e. The SMILES string of the molecule is CCc1ccc(-n2c(C)cc(C=Nc3ccc(Br)cc3C)c2C)cc1. The lowest BCUT2D eigenvalue weighted by molar-refractivity contribution is 0.962. The first-order valence-corrected chi connectivity index (χ1v) is 9.37. The fraction of sp³-hybridized carbons (Fsp3) is 0.227. The van der Waals surface area contributed by atoms with Crippen molar-refractivity contribution in [1.82, 2.24) is 4.57 Å². The molecule has 0 amide bonds. The molecule has 25 heavy (non-hydrogen) atoms. The Balaban J connectivity index is 1.94. The van der Waals surface area contributed by atoms with Gasteiger partial charge in [0.25, 0.3) is 0 Å². The highest BCUT2D eigenvalue weighted by molar-refractivity contribution is 9.10. The van der Waals surface area contributed by atoms with Gasteiger partial charge in [0, 0.05) is 33.3 Å². The molecular weight excluding hydrogens is 372 g/mol. The topological polar surface area (TPSA) is 17.3 Å². The van der Waals surface area contributed by atoms with Crippen LogP contribution in [0.25, 0.3) is 5.69 Å². The van der Waals surface area contributed by atoms with Gasteiger partial charge < -0.3 is 4.57 Å². The van der Waals surface area contributed by atoms with E-state index < -0.39 is 0 Å². The van der Waals surface area contributed by atoms with Crippen LogP contribution in [0.2, 0.25) is 0 Å². The highest BCUT2D eigenvalue weighted by Gasteiger charge is 2.09. The highest BCUT2D eigenvalue weighted by Crippen LogP contribution is 2.24. The lowest BCUT2D eigenvalue weighted by atomic mass is 10.1. The van der Waals surface area contributed by atoms with Crippen LogP contribution in [0.5, 0.6) is 0 Å². The second-order valence-corrected chi connectivity index (χ2v) is 7.29. The van der Waals surface area contributed by atoms with Crippen LogP contribution in [-0.2, 0) is 6.42 Å². The molecule has 3 heteroatoms. The minimum absolute atomic E-state index is 1.00. The van der Waals surface area contributed by atoms with Crippen LogP contribution in [0.1, 0.15) is 35.0 Å². The van der Waals surface area contributed by atoms with Gasteiger partial charge in [0.05, 0.1) is 5.69 Å². The Morgan fingerprint density at radius 3 is 2.36 bits per heavy atom. The molecule has 0 unspecified atom stereocenters. The Hall–Kier alpha value is -2.13. The molecule has 0 N–H and O–H groups in total. The van der Waals surface area contributed by atoms with Crippen molar-refractivity contribution in [3.05, 3.63) is 81.1 Å². The van der Waals surface area contributed by atoms with E-state index in [0.717, 1.165) is 27.7 Å². The van der Waals surface area contributed by atoms with Gasteiger partial charge in [-0.3, -0.25) is 4.99 Å². The first kappa shape index (κ1) is 17.7. The van der Waals surface area contributed by atoms with E-state index in [1.165, 1.54) is 22.6 Å². The zero-order chi connectivity index (χ0) is 18.0. The fourth-order valence-corrected chi connectivity index (χ4v) is 3.57. The summed E-state index contributed by atoms with van der Waals surface area (Å²) >= 11 is 3.50. The summed E-state index contributed by atoms with van der Waals surface area (Å²) in [6.45, 7) is 8.55. The smallest absolute Gasteiger partial charge is 0.0659 e. The van der Waals surface area contributed by atoms with Crippen LogP contribution >= 0.6 is 15.9 Å². The van der Waals surface area contributed by atoms with E-state index in [1.54, 1.807) is 0 Å². The fourth-order valence-electron chi connectivity index (χ4n) is 3.10. The number of hydrogen-bond acceptors (Lipinski definition) is 1. The van der Waals surface area contributed by atoms with Crippen molar-refractivity contribution < 1.29 is 0 Å². The number of benzene rings is 2. The summed E-state index contributed by atoms with van der Waals surface area (Å²) in [6, 6.07) is 17.1. The van der Waals surface area contributed by atoms with Gasteiger partial charge in [-0.05, 0) is 74.7 Å². The molecule has 3 aromatic rings. The number of aromatic nitrogens is 1. The van der Waals surface area contributed by atoms with Crippen LogP contribution in [0, 0.1) is 20.8 Å². The van der Waals surface area contributed by atoms with Gasteiger partial charge in [-0.15, -0.1) is 0 Å². The van der Waals surface area contributed by atoms with Gasteiger partial charge in [-0.2, -0.15) is 0 Å². The Morgan fingerprint density at radius 2 is 1.72 bits per heavy atom. The summed E-state index contributed by atoms with van der Waals surface area (Å²) in [5.74, 6) is 0. The average molecular weight is 395 g/mol. The number of nitrogens with zero attached hydrogens (tertiary/aromatic N) is 2. The monoisotopic (exact) mass is 394 g/mol. The maximum absolute atomic E-state index is 4.69. The second kappa shape index (κ2) is 7.40. The molecule has 0 saturated carbocycles. The first-order chi connectivity index (χ1) is 12.0. The Labute approximate surface area is 158 Å². The molecule has 0 bridgehead atoms. The van der Waals surface area contributed by atoms with Crippen molar-refractivity contribution in [2.45, 2.75) is 34.1 Å². The Morgan fingerprint density at radius 1 is 1.00 bits per heavy atom. The van der Waals surface area contributed by atoms with E-state index >= 15 is 0 Å². The predicted octanol–water partition coefficient (Wildman–Crippen LogP) is 6.48. The molecule has 0 saturated heterocycles. The lowest BCUT2D eigenvalue weighted by Gasteiger charge is -2.10.